The third-order valence-electron chi connectivity index (χ3n) is 13.2. The van der Waals surface area contributed by atoms with E-state index >= 15 is 8.78 Å². The van der Waals surface area contributed by atoms with E-state index < -0.39 is 73.8 Å². The van der Waals surface area contributed by atoms with E-state index in [0.717, 1.165) is 10.1 Å². The molecule has 1 heterocycles. The molecule has 6 aromatic carbocycles. The summed E-state index contributed by atoms with van der Waals surface area (Å²) in [5.41, 5.74) is 4.14. The summed E-state index contributed by atoms with van der Waals surface area (Å²) >= 11 is 0. The number of nitrogens with zero attached hydrogens (tertiary/aromatic N) is 2. The average molecular weight is 1090 g/mol. The first-order valence-corrected chi connectivity index (χ1v) is 23.2. The average Bonchev–Trinajstić information content (AvgIpc) is 3.90. The van der Waals surface area contributed by atoms with E-state index in [1.165, 1.54) is 30.3 Å². The van der Waals surface area contributed by atoms with Crippen LogP contribution in [0.5, 0.6) is 0 Å². The molecule has 7 aromatic rings. The molecule has 0 fully saturated rings. The third kappa shape index (κ3) is 9.85. The number of hydrogen-bond acceptors (Lipinski definition) is 2. The van der Waals surface area contributed by atoms with Crippen LogP contribution in [0.4, 0.5) is 96.1 Å². The molecule has 76 heavy (non-hydrogen) atoms. The minimum Gasteiger partial charge on any atom is -0.384 e. The van der Waals surface area contributed by atoms with Gasteiger partial charge in [0, 0.05) is 70.0 Å². The second kappa shape index (κ2) is 20.1. The van der Waals surface area contributed by atoms with Crippen molar-refractivity contribution in [2.45, 2.75) is 86.5 Å². The van der Waals surface area contributed by atoms with Gasteiger partial charge in [-0.2, -0.15) is 79.0 Å². The highest BCUT2D eigenvalue weighted by Gasteiger charge is 2.82. The molecule has 0 bridgehead atoms. The molecule has 0 radical (unpaired) electrons. The number of benzene rings is 6. The highest BCUT2D eigenvalue weighted by atomic mass is 19.4. The number of halogens is 18. The smallest absolute Gasteiger partial charge is 0.384 e. The Morgan fingerprint density at radius 3 is 1.58 bits per heavy atom. The summed E-state index contributed by atoms with van der Waals surface area (Å²) in [5, 5.41) is 5.02. The largest absolute Gasteiger partial charge is 0.460 e. The van der Waals surface area contributed by atoms with Crippen molar-refractivity contribution < 1.29 is 79.0 Å². The van der Waals surface area contributed by atoms with E-state index in [0.29, 0.717) is 68.0 Å². The predicted molar refractivity (Wildman–Crippen MR) is 255 cm³/mol. The van der Waals surface area contributed by atoms with Gasteiger partial charge < -0.3 is 14.8 Å². The maximum atomic E-state index is 15.2. The zero-order chi connectivity index (χ0) is 55.3. The molecule has 0 aliphatic heterocycles. The van der Waals surface area contributed by atoms with Crippen LogP contribution >= 0.6 is 0 Å². The molecule has 0 spiro atoms. The van der Waals surface area contributed by atoms with Gasteiger partial charge in [-0.3, -0.25) is 0 Å². The van der Waals surface area contributed by atoms with Crippen molar-refractivity contribution in [3.63, 3.8) is 0 Å². The van der Waals surface area contributed by atoms with Gasteiger partial charge in [0.15, 0.2) is 0 Å². The number of aryl methyl sites for hydroxylation is 1. The standard InChI is InChI=1S/C55H41F18N3/c56-48(57,50(60,61)52(64,65)54(68,69)70)30-32-74-42-24-10-16-35-13-7-12-34(45(35)42)14-8-18-37-26-27-38(47(37)76(39-19-3-1-4-20-39)40-21-5-2-6-22-40)28-29-43-41-23-9-15-36-17-11-25-44(46(36)41)75(43)33-31-49(58,59)51(62,63)53(66,67)55(71,72)73/h1-13,15-25,28-29,74H,14,26-27,30-33H2/b18-8+,38-28+,43-29+. The Morgan fingerprint density at radius 2 is 1.01 bits per heavy atom. The number of fused-ring (bicyclic) bond motifs is 1. The maximum absolute atomic E-state index is 15.2. The van der Waals surface area contributed by atoms with Crippen molar-refractivity contribution in [2.75, 3.05) is 16.8 Å². The molecule has 0 saturated carbocycles. The molecule has 402 valence electrons. The van der Waals surface area contributed by atoms with Crippen LogP contribution in [0.3, 0.4) is 0 Å². The minimum atomic E-state index is -7.07. The Labute approximate surface area is 421 Å². The fraction of sp³-hybridized carbons (Fsp3) is 0.273. The second-order valence-electron chi connectivity index (χ2n) is 18.0. The summed E-state index contributed by atoms with van der Waals surface area (Å²) in [7, 11) is 0. The van der Waals surface area contributed by atoms with Crippen LogP contribution in [-0.4, -0.2) is 59.0 Å². The normalized spacial score (nSPS) is 15.7. The predicted octanol–water partition coefficient (Wildman–Crippen LogP) is 17.2. The molecule has 0 unspecified atom stereocenters. The SMILES string of the molecule is FC(F)(F)C(F)(F)C(F)(F)C(F)(F)CCNc1cccc2cccc(C/C=C/C3=C(N(c4ccccc4)c4ccccc4)C(=C/C=c4\c5cccc6cccc(c65)n4CCC(F)(F)C(F)(F)C(F)(F)C(F)(F)F)/CC3)c12. The molecule has 1 aromatic heterocycles. The Kier molecular flexibility index (Phi) is 14.6. The highest BCUT2D eigenvalue weighted by molar-refractivity contribution is 6.10. The van der Waals surface area contributed by atoms with Gasteiger partial charge in [0.25, 0.3) is 0 Å². The van der Waals surface area contributed by atoms with Crippen molar-refractivity contribution in [1.82, 2.24) is 4.57 Å². The van der Waals surface area contributed by atoms with Gasteiger partial charge in [-0.15, -0.1) is 0 Å². The van der Waals surface area contributed by atoms with Crippen LogP contribution in [0.25, 0.3) is 38.5 Å². The quantitative estimate of drug-likeness (QED) is 0.0864. The number of allylic oxidation sites excluding steroid dienone is 5. The molecule has 1 aliphatic rings. The van der Waals surface area contributed by atoms with Crippen LogP contribution in [0.2, 0.25) is 0 Å². The van der Waals surface area contributed by atoms with Gasteiger partial charge in [0.1, 0.15) is 0 Å². The molecular weight excluding hydrogens is 1040 g/mol. The zero-order valence-corrected chi connectivity index (χ0v) is 39.2. The number of nitrogens with one attached hydrogen (secondary N) is 1. The molecule has 0 amide bonds. The fourth-order valence-electron chi connectivity index (χ4n) is 9.32. The van der Waals surface area contributed by atoms with Crippen LogP contribution in [0, 0.1) is 0 Å². The molecule has 1 aliphatic carbocycles. The number of aromatic nitrogens is 1. The van der Waals surface area contributed by atoms with Gasteiger partial charge in [-0.05, 0) is 89.2 Å². The Balaban J connectivity index is 1.19. The summed E-state index contributed by atoms with van der Waals surface area (Å²) in [6.45, 7) is -2.26. The monoisotopic (exact) mass is 1090 g/mol. The van der Waals surface area contributed by atoms with E-state index in [4.69, 9.17) is 0 Å². The van der Waals surface area contributed by atoms with Gasteiger partial charge in [-0.1, -0.05) is 115 Å². The number of alkyl halides is 18. The maximum Gasteiger partial charge on any atom is 0.460 e. The molecule has 21 heteroatoms. The van der Waals surface area contributed by atoms with E-state index in [9.17, 15) is 70.2 Å². The molecule has 0 atom stereocenters. The zero-order valence-electron chi connectivity index (χ0n) is 39.2. The third-order valence-corrected chi connectivity index (χ3v) is 13.2. The molecule has 1 N–H and O–H groups in total. The minimum absolute atomic E-state index is 0.0806. The summed E-state index contributed by atoms with van der Waals surface area (Å²) < 4.78 is 250. The second-order valence-corrected chi connectivity index (χ2v) is 18.0. The van der Waals surface area contributed by atoms with Crippen molar-refractivity contribution in [3.8, 4) is 0 Å². The lowest BCUT2D eigenvalue weighted by atomic mass is 9.99. The van der Waals surface area contributed by atoms with Crippen molar-refractivity contribution >= 4 is 55.6 Å². The fourth-order valence-corrected chi connectivity index (χ4v) is 9.32. The first-order valence-electron chi connectivity index (χ1n) is 23.2. The molecule has 3 nitrogen and oxygen atoms in total. The first kappa shape index (κ1) is 55.2. The van der Waals surface area contributed by atoms with Crippen molar-refractivity contribution in [2.24, 2.45) is 0 Å². The van der Waals surface area contributed by atoms with Crippen LogP contribution < -0.4 is 15.6 Å². The topological polar surface area (TPSA) is 20.2 Å². The number of hydrogen-bond donors (Lipinski definition) is 1. The lowest BCUT2D eigenvalue weighted by molar-refractivity contribution is -0.396. The molecule has 8 rings (SSSR count). The summed E-state index contributed by atoms with van der Waals surface area (Å²) in [6.07, 6.45) is -10.6. The van der Waals surface area contributed by atoms with Gasteiger partial charge in [-0.25, -0.2) is 0 Å². The van der Waals surface area contributed by atoms with E-state index in [-0.39, 0.29) is 23.0 Å². The van der Waals surface area contributed by atoms with Crippen LogP contribution in [-0.2, 0) is 13.0 Å². The first-order chi connectivity index (χ1) is 35.5. The Hall–Kier alpha value is -7.06. The lowest BCUT2D eigenvalue weighted by Gasteiger charge is -2.33. The van der Waals surface area contributed by atoms with Crippen LogP contribution in [0.1, 0.15) is 31.2 Å². The summed E-state index contributed by atoms with van der Waals surface area (Å²) in [5.74, 6) is -39.3. The number of anilines is 3. The van der Waals surface area contributed by atoms with E-state index in [1.807, 2.05) is 29.2 Å². The number of para-hydroxylation sites is 2. The Bertz CT molecular complexity index is 3320. The van der Waals surface area contributed by atoms with Gasteiger partial charge >= 0.3 is 47.9 Å². The molecule has 0 saturated heterocycles. The Morgan fingerprint density at radius 1 is 0.500 bits per heavy atom. The van der Waals surface area contributed by atoms with E-state index in [2.05, 4.69) is 5.32 Å². The lowest BCUT2D eigenvalue weighted by Crippen LogP contribution is -2.61. The van der Waals surface area contributed by atoms with Crippen LogP contribution in [0.15, 0.2) is 169 Å². The number of rotatable bonds is 18. The van der Waals surface area contributed by atoms with E-state index in [1.54, 1.807) is 103 Å². The van der Waals surface area contributed by atoms with Crippen molar-refractivity contribution in [1.29, 1.82) is 0 Å². The highest BCUT2D eigenvalue weighted by Crippen LogP contribution is 2.56. The molecular formula is C55H41F18N3. The van der Waals surface area contributed by atoms with Crippen molar-refractivity contribution in [3.05, 3.63) is 179 Å². The summed E-state index contributed by atoms with van der Waals surface area (Å²) in [6, 6.07) is 37.1. The summed E-state index contributed by atoms with van der Waals surface area (Å²) in [4.78, 5) is 1.94. The van der Waals surface area contributed by atoms with Gasteiger partial charge in [0.05, 0.1) is 5.70 Å². The van der Waals surface area contributed by atoms with Gasteiger partial charge in [0.2, 0.25) is 0 Å².